The number of methoxy groups -OCH3 is 1. The normalized spacial score (nSPS) is 21.7. The summed E-state index contributed by atoms with van der Waals surface area (Å²) >= 11 is 0. The Hall–Kier alpha value is -1.52. The minimum Gasteiger partial charge on any atom is -0.464 e. The van der Waals surface area contributed by atoms with Gasteiger partial charge >= 0.3 is 5.97 Å². The summed E-state index contributed by atoms with van der Waals surface area (Å²) in [6, 6.07) is 0.333. The van der Waals surface area contributed by atoms with Crippen molar-refractivity contribution in [2.24, 2.45) is 5.41 Å². The lowest BCUT2D eigenvalue weighted by Gasteiger charge is -2.36. The first-order valence-corrected chi connectivity index (χ1v) is 7.34. The molecule has 2 N–H and O–H groups in total. The highest BCUT2D eigenvalue weighted by Gasteiger charge is 2.32. The molecular formula is C15H25N3O2. The number of aromatic nitrogens is 2. The highest BCUT2D eigenvalue weighted by atomic mass is 16.5. The summed E-state index contributed by atoms with van der Waals surface area (Å²) in [6.45, 7) is 6.62. The van der Waals surface area contributed by atoms with E-state index in [0.29, 0.717) is 17.3 Å². The Morgan fingerprint density at radius 3 is 2.80 bits per heavy atom. The summed E-state index contributed by atoms with van der Waals surface area (Å²) in [5.41, 5.74) is 6.75. The Morgan fingerprint density at radius 1 is 1.55 bits per heavy atom. The molecule has 1 unspecified atom stereocenters. The van der Waals surface area contributed by atoms with Gasteiger partial charge < -0.3 is 15.0 Å². The van der Waals surface area contributed by atoms with Crippen LogP contribution in [0.4, 0.5) is 5.82 Å². The quantitative estimate of drug-likeness (QED) is 0.864. The Kier molecular flexibility index (Phi) is 4.06. The molecule has 1 aliphatic rings. The third-order valence-corrected chi connectivity index (χ3v) is 4.26. The average molecular weight is 279 g/mol. The molecule has 20 heavy (non-hydrogen) atoms. The van der Waals surface area contributed by atoms with Crippen molar-refractivity contribution in [2.75, 3.05) is 12.8 Å². The van der Waals surface area contributed by atoms with Crippen LogP contribution in [0, 0.1) is 5.41 Å². The molecule has 1 heterocycles. The SMILES string of the molecule is CCc1nc(C(=O)OC)c(N)n1C1CCCC(C)(C)C1. The number of hydrogen-bond acceptors (Lipinski definition) is 4. The topological polar surface area (TPSA) is 70.1 Å². The van der Waals surface area contributed by atoms with E-state index in [-0.39, 0.29) is 5.69 Å². The van der Waals surface area contributed by atoms with Crippen LogP contribution in [-0.4, -0.2) is 22.6 Å². The fourth-order valence-corrected chi connectivity index (χ4v) is 3.28. The summed E-state index contributed by atoms with van der Waals surface area (Å²) in [4.78, 5) is 16.1. The van der Waals surface area contributed by atoms with Crippen LogP contribution in [0.5, 0.6) is 0 Å². The number of nitrogens with two attached hydrogens (primary N) is 1. The molecule has 0 radical (unpaired) electrons. The van der Waals surface area contributed by atoms with Gasteiger partial charge in [-0.25, -0.2) is 9.78 Å². The number of ether oxygens (including phenoxy) is 1. The van der Waals surface area contributed by atoms with Crippen LogP contribution < -0.4 is 5.73 Å². The maximum absolute atomic E-state index is 11.7. The van der Waals surface area contributed by atoms with E-state index in [1.54, 1.807) is 0 Å². The molecule has 5 heteroatoms. The lowest BCUT2D eigenvalue weighted by molar-refractivity contribution is 0.0595. The zero-order chi connectivity index (χ0) is 14.9. The van der Waals surface area contributed by atoms with Crippen LogP contribution in [0.1, 0.15) is 68.8 Å². The Labute approximate surface area is 120 Å². The average Bonchev–Trinajstić information content (AvgIpc) is 2.73. The van der Waals surface area contributed by atoms with E-state index >= 15 is 0 Å². The van der Waals surface area contributed by atoms with Gasteiger partial charge in [0, 0.05) is 12.5 Å². The summed E-state index contributed by atoms with van der Waals surface area (Å²) in [5.74, 6) is 0.882. The fourth-order valence-electron chi connectivity index (χ4n) is 3.28. The molecular weight excluding hydrogens is 254 g/mol. The molecule has 0 bridgehead atoms. The number of carbonyl (C=O) groups excluding carboxylic acids is 1. The predicted molar refractivity (Wildman–Crippen MR) is 78.6 cm³/mol. The number of anilines is 1. The third kappa shape index (κ3) is 2.67. The van der Waals surface area contributed by atoms with Gasteiger partial charge in [0.05, 0.1) is 7.11 Å². The zero-order valence-corrected chi connectivity index (χ0v) is 12.9. The lowest BCUT2D eigenvalue weighted by Crippen LogP contribution is -2.26. The van der Waals surface area contributed by atoms with Crippen molar-refractivity contribution in [1.29, 1.82) is 0 Å². The molecule has 1 atom stereocenters. The van der Waals surface area contributed by atoms with Gasteiger partial charge in [-0.15, -0.1) is 0 Å². The van der Waals surface area contributed by atoms with Crippen molar-refractivity contribution < 1.29 is 9.53 Å². The van der Waals surface area contributed by atoms with Crippen molar-refractivity contribution in [2.45, 2.75) is 58.9 Å². The highest BCUT2D eigenvalue weighted by Crippen LogP contribution is 2.42. The second-order valence-electron chi connectivity index (χ2n) is 6.39. The molecule has 1 aromatic rings. The Bertz CT molecular complexity index is 505. The smallest absolute Gasteiger partial charge is 0.360 e. The van der Waals surface area contributed by atoms with E-state index in [1.165, 1.54) is 20.0 Å². The van der Waals surface area contributed by atoms with Gasteiger partial charge in [-0.3, -0.25) is 0 Å². The molecule has 112 valence electrons. The minimum absolute atomic E-state index is 0.257. The number of hydrogen-bond donors (Lipinski definition) is 1. The number of nitrogens with zero attached hydrogens (tertiary/aromatic N) is 2. The van der Waals surface area contributed by atoms with Crippen LogP contribution in [-0.2, 0) is 11.2 Å². The zero-order valence-electron chi connectivity index (χ0n) is 12.9. The van der Waals surface area contributed by atoms with Crippen molar-refractivity contribution in [3.63, 3.8) is 0 Å². The molecule has 0 aliphatic heterocycles. The molecule has 0 amide bonds. The Morgan fingerprint density at radius 2 is 2.25 bits per heavy atom. The van der Waals surface area contributed by atoms with Gasteiger partial charge in [0.1, 0.15) is 11.6 Å². The molecule has 0 spiro atoms. The van der Waals surface area contributed by atoms with Crippen LogP contribution in [0.2, 0.25) is 0 Å². The van der Waals surface area contributed by atoms with Crippen molar-refractivity contribution in [3.05, 3.63) is 11.5 Å². The van der Waals surface area contributed by atoms with Gasteiger partial charge in [0.25, 0.3) is 0 Å². The van der Waals surface area contributed by atoms with Gasteiger partial charge in [-0.1, -0.05) is 27.2 Å². The highest BCUT2D eigenvalue weighted by molar-refractivity contribution is 5.92. The van der Waals surface area contributed by atoms with Gasteiger partial charge in [-0.2, -0.15) is 0 Å². The summed E-state index contributed by atoms with van der Waals surface area (Å²) in [6.07, 6.45) is 5.35. The van der Waals surface area contributed by atoms with E-state index in [1.807, 2.05) is 6.92 Å². The van der Waals surface area contributed by atoms with E-state index < -0.39 is 5.97 Å². The van der Waals surface area contributed by atoms with Crippen LogP contribution in [0.3, 0.4) is 0 Å². The van der Waals surface area contributed by atoms with Crippen LogP contribution in [0.25, 0.3) is 0 Å². The maximum atomic E-state index is 11.7. The second kappa shape index (κ2) is 5.46. The van der Waals surface area contributed by atoms with Gasteiger partial charge in [-0.05, 0) is 24.7 Å². The molecule has 0 aromatic carbocycles. The lowest BCUT2D eigenvalue weighted by atomic mass is 9.75. The van der Waals surface area contributed by atoms with Crippen molar-refractivity contribution in [1.82, 2.24) is 9.55 Å². The maximum Gasteiger partial charge on any atom is 0.360 e. The second-order valence-corrected chi connectivity index (χ2v) is 6.39. The molecule has 1 saturated carbocycles. The monoisotopic (exact) mass is 279 g/mol. The number of imidazole rings is 1. The standard InChI is InChI=1S/C15H25N3O2/c1-5-11-17-12(14(19)20-4)13(16)18(11)10-7-6-8-15(2,3)9-10/h10H,5-9,16H2,1-4H3. The van der Waals surface area contributed by atoms with E-state index in [2.05, 4.69) is 23.4 Å². The Balaban J connectivity index is 2.40. The van der Waals surface area contributed by atoms with Crippen LogP contribution in [0.15, 0.2) is 0 Å². The third-order valence-electron chi connectivity index (χ3n) is 4.26. The first-order valence-electron chi connectivity index (χ1n) is 7.34. The van der Waals surface area contributed by atoms with Crippen LogP contribution >= 0.6 is 0 Å². The number of carbonyl (C=O) groups is 1. The van der Waals surface area contributed by atoms with Gasteiger partial charge in [0.2, 0.25) is 0 Å². The predicted octanol–water partition coefficient (Wildman–Crippen LogP) is 2.96. The number of aryl methyl sites for hydroxylation is 1. The van der Waals surface area contributed by atoms with E-state index in [9.17, 15) is 4.79 Å². The number of nitrogen functional groups attached to an aromatic ring is 1. The molecule has 1 fully saturated rings. The first-order chi connectivity index (χ1) is 9.39. The fraction of sp³-hybridized carbons (Fsp3) is 0.733. The van der Waals surface area contributed by atoms with Crippen molar-refractivity contribution in [3.8, 4) is 0 Å². The van der Waals surface area contributed by atoms with E-state index in [0.717, 1.165) is 25.1 Å². The summed E-state index contributed by atoms with van der Waals surface area (Å²) in [5, 5.41) is 0. The minimum atomic E-state index is -0.453. The number of rotatable bonds is 3. The molecule has 1 aromatic heterocycles. The molecule has 2 rings (SSSR count). The van der Waals surface area contributed by atoms with Crippen molar-refractivity contribution >= 4 is 11.8 Å². The molecule has 1 aliphatic carbocycles. The van der Waals surface area contributed by atoms with E-state index in [4.69, 9.17) is 10.5 Å². The molecule has 5 nitrogen and oxygen atoms in total. The summed E-state index contributed by atoms with van der Waals surface area (Å²) in [7, 11) is 1.36. The largest absolute Gasteiger partial charge is 0.464 e. The first kappa shape index (κ1) is 14.9. The summed E-state index contributed by atoms with van der Waals surface area (Å²) < 4.78 is 6.83. The number of esters is 1. The molecule has 0 saturated heterocycles. The van der Waals surface area contributed by atoms with Gasteiger partial charge in [0.15, 0.2) is 5.69 Å².